The Hall–Kier alpha value is -3.81. The van der Waals surface area contributed by atoms with Gasteiger partial charge < -0.3 is 23.8 Å². The Morgan fingerprint density at radius 3 is 2.39 bits per heavy atom. The number of hydrogen-bond acceptors (Lipinski definition) is 7. The van der Waals surface area contributed by atoms with E-state index in [1.807, 2.05) is 57.1 Å². The van der Waals surface area contributed by atoms with E-state index in [1.165, 1.54) is 4.90 Å². The third-order valence-corrected chi connectivity index (χ3v) is 5.26. The van der Waals surface area contributed by atoms with Crippen molar-refractivity contribution in [1.29, 1.82) is 0 Å². The first kappa shape index (κ1) is 23.8. The molecule has 0 unspecified atom stereocenters. The number of ether oxygens (including phenoxy) is 2. The number of aryl methyl sites for hydroxylation is 2. The second-order valence-corrected chi connectivity index (χ2v) is 8.01. The number of amides is 1. The highest BCUT2D eigenvalue weighted by Gasteiger charge is 2.15. The molecule has 0 atom stereocenters. The van der Waals surface area contributed by atoms with Gasteiger partial charge in [0.15, 0.2) is 6.61 Å². The third kappa shape index (κ3) is 6.35. The number of carbonyl (C=O) groups is 2. The molecular weight excluding hydrogens is 422 g/mol. The minimum Gasteiger partial charge on any atom is -0.489 e. The van der Waals surface area contributed by atoms with Crippen molar-refractivity contribution < 1.29 is 23.6 Å². The van der Waals surface area contributed by atoms with Gasteiger partial charge in [-0.3, -0.25) is 4.79 Å². The van der Waals surface area contributed by atoms with Crippen LogP contribution in [0, 0.1) is 13.8 Å². The van der Waals surface area contributed by atoms with E-state index < -0.39 is 5.97 Å². The Bertz CT molecular complexity index is 1090. The predicted molar refractivity (Wildman–Crippen MR) is 124 cm³/mol. The largest absolute Gasteiger partial charge is 0.489 e. The standard InChI is InChI=1S/C25H29N3O5/c1-17-23(18(2)33-26-17)15-31-22-8-6-7-20(13-22)25(30)32-16-24(29)28(5)14-19-9-11-21(12-10-19)27(3)4/h6-13H,14-16H2,1-5H3. The van der Waals surface area contributed by atoms with Gasteiger partial charge in [-0.1, -0.05) is 23.4 Å². The van der Waals surface area contributed by atoms with E-state index in [2.05, 4.69) is 5.16 Å². The minimum absolute atomic E-state index is 0.276. The van der Waals surface area contributed by atoms with Gasteiger partial charge in [0.1, 0.15) is 18.1 Å². The SMILES string of the molecule is Cc1noc(C)c1COc1cccc(C(=O)OCC(=O)N(C)Cc2ccc(N(C)C)cc2)c1. The molecule has 0 fully saturated rings. The summed E-state index contributed by atoms with van der Waals surface area (Å²) in [5.74, 6) is 0.328. The molecule has 0 saturated carbocycles. The van der Waals surface area contributed by atoms with Crippen LogP contribution in [0.25, 0.3) is 0 Å². The summed E-state index contributed by atoms with van der Waals surface area (Å²) in [5.41, 5.74) is 4.01. The van der Waals surface area contributed by atoms with E-state index >= 15 is 0 Å². The Balaban J connectivity index is 1.51. The molecule has 8 nitrogen and oxygen atoms in total. The van der Waals surface area contributed by atoms with Crippen LogP contribution in [0.4, 0.5) is 5.69 Å². The summed E-state index contributed by atoms with van der Waals surface area (Å²) in [7, 11) is 5.62. The summed E-state index contributed by atoms with van der Waals surface area (Å²) >= 11 is 0. The van der Waals surface area contributed by atoms with Crippen LogP contribution in [0.2, 0.25) is 0 Å². The molecule has 0 bridgehead atoms. The van der Waals surface area contributed by atoms with Crippen LogP contribution >= 0.6 is 0 Å². The molecule has 0 spiro atoms. The molecule has 1 amide bonds. The Kier molecular flexibility index (Phi) is 7.71. The number of benzene rings is 2. The molecule has 3 aromatic rings. The van der Waals surface area contributed by atoms with E-state index in [1.54, 1.807) is 31.3 Å². The van der Waals surface area contributed by atoms with Crippen molar-refractivity contribution in [1.82, 2.24) is 10.1 Å². The first-order valence-corrected chi connectivity index (χ1v) is 10.6. The molecule has 0 aliphatic heterocycles. The first-order valence-electron chi connectivity index (χ1n) is 10.6. The van der Waals surface area contributed by atoms with Gasteiger partial charge >= 0.3 is 5.97 Å². The molecule has 2 aromatic carbocycles. The molecule has 1 aromatic heterocycles. The second-order valence-electron chi connectivity index (χ2n) is 8.01. The van der Waals surface area contributed by atoms with E-state index in [-0.39, 0.29) is 19.1 Å². The molecule has 0 N–H and O–H groups in total. The number of rotatable bonds is 9. The average molecular weight is 452 g/mol. The molecule has 33 heavy (non-hydrogen) atoms. The molecule has 3 rings (SSSR count). The normalized spacial score (nSPS) is 10.6. The number of anilines is 1. The van der Waals surface area contributed by atoms with Crippen LogP contribution < -0.4 is 9.64 Å². The van der Waals surface area contributed by atoms with Crippen LogP contribution in [0.5, 0.6) is 5.75 Å². The zero-order chi connectivity index (χ0) is 24.0. The van der Waals surface area contributed by atoms with E-state index in [0.717, 1.165) is 22.5 Å². The lowest BCUT2D eigenvalue weighted by molar-refractivity contribution is -0.133. The number of aromatic nitrogens is 1. The van der Waals surface area contributed by atoms with Crippen molar-refractivity contribution in [2.75, 3.05) is 32.6 Å². The summed E-state index contributed by atoms with van der Waals surface area (Å²) in [6, 6.07) is 14.6. The van der Waals surface area contributed by atoms with Gasteiger partial charge in [-0.05, 0) is 49.7 Å². The van der Waals surface area contributed by atoms with Crippen molar-refractivity contribution in [2.24, 2.45) is 0 Å². The molecule has 8 heteroatoms. The topological polar surface area (TPSA) is 85.1 Å². The highest BCUT2D eigenvalue weighted by atomic mass is 16.5. The number of carbonyl (C=O) groups excluding carboxylic acids is 2. The zero-order valence-electron chi connectivity index (χ0n) is 19.6. The fraction of sp³-hybridized carbons (Fsp3) is 0.320. The lowest BCUT2D eigenvalue weighted by Crippen LogP contribution is -2.30. The van der Waals surface area contributed by atoms with Crippen LogP contribution in [0.3, 0.4) is 0 Å². The molecule has 0 radical (unpaired) electrons. The fourth-order valence-corrected chi connectivity index (χ4v) is 3.16. The van der Waals surface area contributed by atoms with Crippen molar-refractivity contribution in [2.45, 2.75) is 27.0 Å². The third-order valence-electron chi connectivity index (χ3n) is 5.26. The maximum absolute atomic E-state index is 12.4. The second kappa shape index (κ2) is 10.7. The van der Waals surface area contributed by atoms with Gasteiger partial charge in [0.05, 0.1) is 16.8 Å². The van der Waals surface area contributed by atoms with Gasteiger partial charge in [-0.25, -0.2) is 4.79 Å². The van der Waals surface area contributed by atoms with E-state index in [0.29, 0.717) is 23.6 Å². The van der Waals surface area contributed by atoms with Crippen LogP contribution in [0.15, 0.2) is 53.1 Å². The summed E-state index contributed by atoms with van der Waals surface area (Å²) in [6.45, 7) is 4.03. The van der Waals surface area contributed by atoms with Gasteiger partial charge in [-0.15, -0.1) is 0 Å². The summed E-state index contributed by atoms with van der Waals surface area (Å²) in [5, 5.41) is 3.90. The number of nitrogens with zero attached hydrogens (tertiary/aromatic N) is 3. The molecule has 0 aliphatic rings. The first-order chi connectivity index (χ1) is 15.7. The van der Waals surface area contributed by atoms with Gasteiger partial charge in [-0.2, -0.15) is 0 Å². The smallest absolute Gasteiger partial charge is 0.338 e. The zero-order valence-corrected chi connectivity index (χ0v) is 19.6. The Morgan fingerprint density at radius 2 is 1.76 bits per heavy atom. The van der Waals surface area contributed by atoms with Crippen LogP contribution in [-0.2, 0) is 22.7 Å². The number of likely N-dealkylation sites (N-methyl/N-ethyl adjacent to an activating group) is 1. The number of hydrogen-bond donors (Lipinski definition) is 0. The fourth-order valence-electron chi connectivity index (χ4n) is 3.16. The average Bonchev–Trinajstić information content (AvgIpc) is 3.13. The van der Waals surface area contributed by atoms with E-state index in [9.17, 15) is 9.59 Å². The van der Waals surface area contributed by atoms with Crippen molar-refractivity contribution >= 4 is 17.6 Å². The molecule has 1 heterocycles. The minimum atomic E-state index is -0.588. The molecule has 0 saturated heterocycles. The summed E-state index contributed by atoms with van der Waals surface area (Å²) in [6.07, 6.45) is 0. The van der Waals surface area contributed by atoms with E-state index in [4.69, 9.17) is 14.0 Å². The maximum Gasteiger partial charge on any atom is 0.338 e. The molecule has 0 aliphatic carbocycles. The molecular formula is C25H29N3O5. The lowest BCUT2D eigenvalue weighted by atomic mass is 10.2. The Labute approximate surface area is 193 Å². The van der Waals surface area contributed by atoms with Crippen LogP contribution in [-0.4, -0.2) is 49.7 Å². The predicted octanol–water partition coefficient (Wildman–Crippen LogP) is 3.75. The summed E-state index contributed by atoms with van der Waals surface area (Å²) in [4.78, 5) is 28.4. The lowest BCUT2D eigenvalue weighted by Gasteiger charge is -2.18. The van der Waals surface area contributed by atoms with Crippen molar-refractivity contribution in [3.8, 4) is 5.75 Å². The highest BCUT2D eigenvalue weighted by molar-refractivity contribution is 5.91. The maximum atomic E-state index is 12.4. The summed E-state index contributed by atoms with van der Waals surface area (Å²) < 4.78 is 16.1. The monoisotopic (exact) mass is 451 g/mol. The highest BCUT2D eigenvalue weighted by Crippen LogP contribution is 2.19. The van der Waals surface area contributed by atoms with Gasteiger partial charge in [0, 0.05) is 33.4 Å². The van der Waals surface area contributed by atoms with Gasteiger partial charge in [0.25, 0.3) is 5.91 Å². The van der Waals surface area contributed by atoms with Crippen molar-refractivity contribution in [3.05, 3.63) is 76.7 Å². The van der Waals surface area contributed by atoms with Crippen molar-refractivity contribution in [3.63, 3.8) is 0 Å². The Morgan fingerprint density at radius 1 is 1.03 bits per heavy atom. The van der Waals surface area contributed by atoms with Gasteiger partial charge in [0.2, 0.25) is 0 Å². The number of esters is 1. The molecule has 174 valence electrons. The van der Waals surface area contributed by atoms with Crippen LogP contribution in [0.1, 0.15) is 32.9 Å². The quantitative estimate of drug-likeness (QED) is 0.458.